The fourth-order valence-corrected chi connectivity index (χ4v) is 5.18. The summed E-state index contributed by atoms with van der Waals surface area (Å²) in [4.78, 5) is 12.9. The number of rotatable bonds is 5. The summed E-state index contributed by atoms with van der Waals surface area (Å²) in [6.07, 6.45) is 4.63. The van der Waals surface area contributed by atoms with E-state index in [1.165, 1.54) is 22.5 Å². The Kier molecular flexibility index (Phi) is 5.25. The predicted molar refractivity (Wildman–Crippen MR) is 107 cm³/mol. The summed E-state index contributed by atoms with van der Waals surface area (Å²) in [5, 5.41) is 3.02. The first-order chi connectivity index (χ1) is 13.9. The van der Waals surface area contributed by atoms with Crippen molar-refractivity contribution in [2.75, 3.05) is 11.9 Å². The van der Waals surface area contributed by atoms with Crippen molar-refractivity contribution in [3.63, 3.8) is 0 Å². The number of halogens is 1. The molecule has 1 fully saturated rings. The molecule has 1 saturated heterocycles. The Labute approximate surface area is 168 Å². The first kappa shape index (κ1) is 19.4. The Balaban J connectivity index is 1.63. The SMILES string of the molecule is Cc1cc(S(=O)(=O)N2CCC[C@@H]2c2cccc(Nc3ncccn3)n2)ccc1F. The predicted octanol–water partition coefficient (Wildman–Crippen LogP) is 3.59. The highest BCUT2D eigenvalue weighted by atomic mass is 32.2. The minimum atomic E-state index is -3.77. The average Bonchev–Trinajstić information content (AvgIpc) is 3.22. The maximum Gasteiger partial charge on any atom is 0.243 e. The molecule has 0 bridgehead atoms. The van der Waals surface area contributed by atoms with E-state index in [1.54, 1.807) is 31.5 Å². The molecule has 1 aliphatic heterocycles. The second kappa shape index (κ2) is 7.84. The van der Waals surface area contributed by atoms with Gasteiger partial charge in [-0.15, -0.1) is 0 Å². The number of aromatic nitrogens is 3. The third kappa shape index (κ3) is 3.96. The number of hydrogen-bond acceptors (Lipinski definition) is 6. The summed E-state index contributed by atoms with van der Waals surface area (Å²) in [6.45, 7) is 1.95. The Morgan fingerprint density at radius 1 is 1.14 bits per heavy atom. The molecule has 9 heteroatoms. The summed E-state index contributed by atoms with van der Waals surface area (Å²) in [7, 11) is -3.77. The summed E-state index contributed by atoms with van der Waals surface area (Å²) < 4.78 is 41.4. The van der Waals surface area contributed by atoms with E-state index in [0.29, 0.717) is 36.0 Å². The number of nitrogens with one attached hydrogen (secondary N) is 1. The van der Waals surface area contributed by atoms with Crippen molar-refractivity contribution >= 4 is 21.8 Å². The maximum absolute atomic E-state index is 13.6. The maximum atomic E-state index is 13.6. The Morgan fingerprint density at radius 3 is 2.69 bits per heavy atom. The van der Waals surface area contributed by atoms with Gasteiger partial charge < -0.3 is 5.32 Å². The van der Waals surface area contributed by atoms with Gasteiger partial charge in [-0.05, 0) is 61.7 Å². The van der Waals surface area contributed by atoms with Crippen LogP contribution in [0.4, 0.5) is 16.2 Å². The minimum Gasteiger partial charge on any atom is -0.309 e. The molecule has 3 aromatic rings. The number of hydrogen-bond donors (Lipinski definition) is 1. The molecule has 7 nitrogen and oxygen atoms in total. The van der Waals surface area contributed by atoms with Crippen molar-refractivity contribution in [2.24, 2.45) is 0 Å². The van der Waals surface area contributed by atoms with Crippen LogP contribution in [0.25, 0.3) is 0 Å². The quantitative estimate of drug-likeness (QED) is 0.688. The van der Waals surface area contributed by atoms with E-state index in [0.717, 1.165) is 6.42 Å². The van der Waals surface area contributed by atoms with Gasteiger partial charge in [0.1, 0.15) is 11.6 Å². The van der Waals surface area contributed by atoms with E-state index in [2.05, 4.69) is 20.3 Å². The van der Waals surface area contributed by atoms with Crippen LogP contribution >= 0.6 is 0 Å². The molecule has 1 N–H and O–H groups in total. The van der Waals surface area contributed by atoms with Gasteiger partial charge >= 0.3 is 0 Å². The smallest absolute Gasteiger partial charge is 0.243 e. The topological polar surface area (TPSA) is 88.1 Å². The van der Waals surface area contributed by atoms with E-state index in [1.807, 2.05) is 12.1 Å². The summed E-state index contributed by atoms with van der Waals surface area (Å²) in [5.74, 6) is 0.524. The fourth-order valence-electron chi connectivity index (χ4n) is 3.42. The standard InChI is InChI=1S/C20H20FN5O2S/c1-14-13-15(8-9-16(14)21)29(27,28)26-12-3-6-18(26)17-5-2-7-19(24-17)25-20-22-10-4-11-23-20/h2,4-5,7-11,13,18H,3,6,12H2,1H3,(H,22,23,24,25)/t18-/m1/s1. The van der Waals surface area contributed by atoms with Gasteiger partial charge in [-0.3, -0.25) is 0 Å². The molecule has 4 rings (SSSR count). The fraction of sp³-hybridized carbons (Fsp3) is 0.250. The Morgan fingerprint density at radius 2 is 1.93 bits per heavy atom. The van der Waals surface area contributed by atoms with Gasteiger partial charge in [0, 0.05) is 18.9 Å². The first-order valence-electron chi connectivity index (χ1n) is 9.24. The molecule has 150 valence electrons. The van der Waals surface area contributed by atoms with E-state index in [9.17, 15) is 12.8 Å². The van der Waals surface area contributed by atoms with Gasteiger partial charge in [-0.2, -0.15) is 4.31 Å². The van der Waals surface area contributed by atoms with Gasteiger partial charge in [0.25, 0.3) is 0 Å². The van der Waals surface area contributed by atoms with Gasteiger partial charge in [-0.25, -0.2) is 27.8 Å². The van der Waals surface area contributed by atoms with E-state index >= 15 is 0 Å². The highest BCUT2D eigenvalue weighted by molar-refractivity contribution is 7.89. The second-order valence-corrected chi connectivity index (χ2v) is 8.72. The van der Waals surface area contributed by atoms with Crippen LogP contribution < -0.4 is 5.32 Å². The molecule has 0 amide bonds. The largest absolute Gasteiger partial charge is 0.309 e. The average molecular weight is 413 g/mol. The molecule has 0 spiro atoms. The molecule has 0 radical (unpaired) electrons. The van der Waals surface area contributed by atoms with Gasteiger partial charge in [0.15, 0.2) is 0 Å². The molecule has 1 atom stereocenters. The number of benzene rings is 1. The van der Waals surface area contributed by atoms with Crippen LogP contribution in [-0.2, 0) is 10.0 Å². The van der Waals surface area contributed by atoms with Crippen LogP contribution in [0, 0.1) is 12.7 Å². The highest BCUT2D eigenvalue weighted by Crippen LogP contribution is 2.36. The van der Waals surface area contributed by atoms with E-state index < -0.39 is 15.8 Å². The lowest BCUT2D eigenvalue weighted by Gasteiger charge is -2.24. The van der Waals surface area contributed by atoms with Crippen molar-refractivity contribution in [1.29, 1.82) is 0 Å². The summed E-state index contributed by atoms with van der Waals surface area (Å²) in [6, 6.07) is 10.6. The van der Waals surface area contributed by atoms with Gasteiger partial charge in [0.2, 0.25) is 16.0 Å². The van der Waals surface area contributed by atoms with Crippen molar-refractivity contribution in [1.82, 2.24) is 19.3 Å². The lowest BCUT2D eigenvalue weighted by Crippen LogP contribution is -2.31. The number of sulfonamides is 1. The van der Waals surface area contributed by atoms with E-state index in [-0.39, 0.29) is 10.9 Å². The molecule has 0 saturated carbocycles. The van der Waals surface area contributed by atoms with Crippen LogP contribution in [0.1, 0.15) is 30.1 Å². The van der Waals surface area contributed by atoms with Crippen LogP contribution in [0.3, 0.4) is 0 Å². The van der Waals surface area contributed by atoms with Crippen LogP contribution in [-0.4, -0.2) is 34.2 Å². The van der Waals surface area contributed by atoms with Crippen LogP contribution in [0.5, 0.6) is 0 Å². The summed E-state index contributed by atoms with van der Waals surface area (Å²) in [5.41, 5.74) is 0.944. The normalized spacial score (nSPS) is 17.4. The number of nitrogens with zero attached hydrogens (tertiary/aromatic N) is 4. The highest BCUT2D eigenvalue weighted by Gasteiger charge is 2.37. The molecule has 29 heavy (non-hydrogen) atoms. The zero-order valence-electron chi connectivity index (χ0n) is 15.8. The molecule has 0 aliphatic carbocycles. The lowest BCUT2D eigenvalue weighted by molar-refractivity contribution is 0.390. The number of anilines is 2. The monoisotopic (exact) mass is 413 g/mol. The molecule has 1 aromatic carbocycles. The second-order valence-electron chi connectivity index (χ2n) is 6.83. The van der Waals surface area contributed by atoms with Crippen molar-refractivity contribution in [3.8, 4) is 0 Å². The van der Waals surface area contributed by atoms with Crippen molar-refractivity contribution in [2.45, 2.75) is 30.7 Å². The minimum absolute atomic E-state index is 0.0928. The molecule has 2 aromatic heterocycles. The zero-order chi connectivity index (χ0) is 20.4. The van der Waals surface area contributed by atoms with Crippen molar-refractivity contribution < 1.29 is 12.8 Å². The molecular formula is C20H20FN5O2S. The molecule has 0 unspecified atom stereocenters. The Bertz CT molecular complexity index is 1120. The van der Waals surface area contributed by atoms with Crippen molar-refractivity contribution in [3.05, 3.63) is 71.9 Å². The van der Waals surface area contributed by atoms with Crippen LogP contribution in [0.15, 0.2) is 59.8 Å². The number of aryl methyl sites for hydroxylation is 1. The van der Waals surface area contributed by atoms with Crippen LogP contribution in [0.2, 0.25) is 0 Å². The third-order valence-corrected chi connectivity index (χ3v) is 6.76. The molecule has 3 heterocycles. The zero-order valence-corrected chi connectivity index (χ0v) is 16.6. The van der Waals surface area contributed by atoms with Gasteiger partial charge in [0.05, 0.1) is 16.6 Å². The Hall–Kier alpha value is -2.91. The summed E-state index contributed by atoms with van der Waals surface area (Å²) >= 11 is 0. The van der Waals surface area contributed by atoms with E-state index in [4.69, 9.17) is 0 Å². The third-order valence-electron chi connectivity index (χ3n) is 4.86. The molecular weight excluding hydrogens is 393 g/mol. The first-order valence-corrected chi connectivity index (χ1v) is 10.7. The number of pyridine rings is 1. The lowest BCUT2D eigenvalue weighted by atomic mass is 10.1. The molecule has 1 aliphatic rings. The van der Waals surface area contributed by atoms with Gasteiger partial charge in [-0.1, -0.05) is 6.07 Å².